The summed E-state index contributed by atoms with van der Waals surface area (Å²) in [6, 6.07) is 0. The number of hydrogen-bond acceptors (Lipinski definition) is 6. The highest BCUT2D eigenvalue weighted by molar-refractivity contribution is 5.71. The van der Waals surface area contributed by atoms with E-state index in [1.807, 2.05) is 0 Å². The number of hydrogen-bond donors (Lipinski definition) is 0. The van der Waals surface area contributed by atoms with Gasteiger partial charge in [0.25, 0.3) is 0 Å². The van der Waals surface area contributed by atoms with Crippen molar-refractivity contribution >= 4 is 17.9 Å². The summed E-state index contributed by atoms with van der Waals surface area (Å²) in [6.45, 7) is 6.47. The van der Waals surface area contributed by atoms with Crippen molar-refractivity contribution < 1.29 is 28.6 Å². The lowest BCUT2D eigenvalue weighted by Gasteiger charge is -2.18. The second kappa shape index (κ2) is 47.8. The molecule has 0 bridgehead atoms. The molecule has 340 valence electrons. The van der Waals surface area contributed by atoms with E-state index in [9.17, 15) is 14.4 Å². The Morgan fingerprint density at radius 3 is 1.02 bits per heavy atom. The number of allylic oxidation sites excluding steroid dienone is 10. The van der Waals surface area contributed by atoms with Crippen molar-refractivity contribution in [2.75, 3.05) is 13.2 Å². The van der Waals surface area contributed by atoms with Crippen LogP contribution in [0.15, 0.2) is 60.8 Å². The van der Waals surface area contributed by atoms with Crippen LogP contribution in [-0.4, -0.2) is 37.2 Å². The van der Waals surface area contributed by atoms with Crippen LogP contribution in [0.1, 0.15) is 239 Å². The number of carbonyl (C=O) groups excluding carboxylic acids is 3. The maximum atomic E-state index is 12.7. The smallest absolute Gasteiger partial charge is 0.306 e. The van der Waals surface area contributed by atoms with Crippen LogP contribution in [0.2, 0.25) is 0 Å². The highest BCUT2D eigenvalue weighted by Crippen LogP contribution is 2.15. The van der Waals surface area contributed by atoms with Crippen LogP contribution in [-0.2, 0) is 28.6 Å². The number of unbranched alkanes of at least 4 members (excludes halogenated alkanes) is 23. The molecule has 0 N–H and O–H groups in total. The third-order valence-corrected chi connectivity index (χ3v) is 10.5. The molecule has 0 radical (unpaired) electrons. The minimum atomic E-state index is -0.798. The zero-order valence-electron chi connectivity index (χ0n) is 38.8. The van der Waals surface area contributed by atoms with Gasteiger partial charge in [0, 0.05) is 19.3 Å². The minimum Gasteiger partial charge on any atom is -0.462 e. The van der Waals surface area contributed by atoms with Gasteiger partial charge < -0.3 is 14.2 Å². The summed E-state index contributed by atoms with van der Waals surface area (Å²) in [6.07, 6.45) is 57.8. The van der Waals surface area contributed by atoms with E-state index in [1.54, 1.807) is 0 Å². The maximum absolute atomic E-state index is 12.7. The van der Waals surface area contributed by atoms with Crippen LogP contribution in [0, 0.1) is 0 Å². The highest BCUT2D eigenvalue weighted by atomic mass is 16.6. The van der Waals surface area contributed by atoms with E-state index in [0.29, 0.717) is 19.3 Å². The van der Waals surface area contributed by atoms with E-state index in [4.69, 9.17) is 14.2 Å². The van der Waals surface area contributed by atoms with Crippen LogP contribution in [0.3, 0.4) is 0 Å². The molecule has 0 fully saturated rings. The molecular formula is C53H92O6. The van der Waals surface area contributed by atoms with Crippen molar-refractivity contribution in [2.24, 2.45) is 0 Å². The van der Waals surface area contributed by atoms with E-state index < -0.39 is 6.10 Å². The van der Waals surface area contributed by atoms with E-state index >= 15 is 0 Å². The molecule has 0 aromatic rings. The lowest BCUT2D eigenvalue weighted by Crippen LogP contribution is -2.30. The first-order valence-corrected chi connectivity index (χ1v) is 24.8. The van der Waals surface area contributed by atoms with E-state index in [1.165, 1.54) is 116 Å². The lowest BCUT2D eigenvalue weighted by atomic mass is 10.0. The quantitative estimate of drug-likeness (QED) is 0.0263. The third-order valence-electron chi connectivity index (χ3n) is 10.5. The summed E-state index contributed by atoms with van der Waals surface area (Å²) in [5.74, 6) is -0.949. The molecular weight excluding hydrogens is 733 g/mol. The maximum Gasteiger partial charge on any atom is 0.306 e. The first-order chi connectivity index (χ1) is 29.0. The minimum absolute atomic E-state index is 0.0938. The number of rotatable bonds is 44. The van der Waals surface area contributed by atoms with Gasteiger partial charge >= 0.3 is 17.9 Å². The first kappa shape index (κ1) is 56.1. The molecule has 0 saturated carbocycles. The monoisotopic (exact) mass is 825 g/mol. The summed E-state index contributed by atoms with van der Waals surface area (Å²) in [5, 5.41) is 0. The standard InChI is InChI=1S/C53H92O6/c1-4-7-10-13-16-19-22-25-26-27-28-29-32-35-38-41-44-47-53(56)59-50(48-57-51(54)45-42-39-36-33-30-23-20-17-14-11-8-5-2)49-58-52(55)46-43-40-37-34-31-24-21-18-15-12-9-6-3/h7,10,16,19,25-26,28-29,35,38,50H,4-6,8-9,11-15,17-18,20-24,27,30-34,36-37,39-49H2,1-3H3/b10-7-,19-16-,26-25-,29-28-,38-35-. The fraction of sp³-hybridized carbons (Fsp3) is 0.755. The Morgan fingerprint density at radius 2 is 0.661 bits per heavy atom. The fourth-order valence-corrected chi connectivity index (χ4v) is 6.83. The molecule has 0 aliphatic rings. The molecule has 0 atom stereocenters. The van der Waals surface area contributed by atoms with Crippen molar-refractivity contribution in [3.8, 4) is 0 Å². The van der Waals surface area contributed by atoms with Gasteiger partial charge in [-0.05, 0) is 57.8 Å². The SMILES string of the molecule is CC/C=C\C/C=C\C/C=C\C/C=C\C/C=C\CCCC(=O)OC(COC(=O)CCCCCCCCCCCCCC)COC(=O)CCCCCCCCCCCCCC. The van der Waals surface area contributed by atoms with Crippen molar-refractivity contribution in [3.63, 3.8) is 0 Å². The molecule has 0 aromatic carbocycles. The van der Waals surface area contributed by atoms with E-state index in [2.05, 4.69) is 81.5 Å². The van der Waals surface area contributed by atoms with Gasteiger partial charge in [-0.15, -0.1) is 0 Å². The molecule has 0 aliphatic carbocycles. The molecule has 6 heteroatoms. The third kappa shape index (κ3) is 46.0. The number of esters is 3. The summed E-state index contributed by atoms with van der Waals surface area (Å²) in [4.78, 5) is 37.8. The molecule has 6 nitrogen and oxygen atoms in total. The molecule has 0 heterocycles. The van der Waals surface area contributed by atoms with Gasteiger partial charge in [-0.3, -0.25) is 14.4 Å². The van der Waals surface area contributed by atoms with Crippen molar-refractivity contribution in [3.05, 3.63) is 60.8 Å². The number of ether oxygens (including phenoxy) is 3. The van der Waals surface area contributed by atoms with Crippen LogP contribution in [0.25, 0.3) is 0 Å². The Bertz CT molecular complexity index is 1040. The predicted molar refractivity (Wildman–Crippen MR) is 251 cm³/mol. The normalized spacial score (nSPS) is 12.1. The van der Waals surface area contributed by atoms with Gasteiger partial charge in [-0.1, -0.05) is 223 Å². The van der Waals surface area contributed by atoms with Crippen molar-refractivity contribution in [1.82, 2.24) is 0 Å². The molecule has 59 heavy (non-hydrogen) atoms. The molecule has 0 unspecified atom stereocenters. The van der Waals surface area contributed by atoms with E-state index in [-0.39, 0.29) is 37.5 Å². The summed E-state index contributed by atoms with van der Waals surface area (Å²) < 4.78 is 16.7. The van der Waals surface area contributed by atoms with Gasteiger partial charge in [-0.2, -0.15) is 0 Å². The molecule has 0 spiro atoms. The summed E-state index contributed by atoms with van der Waals surface area (Å²) in [7, 11) is 0. The lowest BCUT2D eigenvalue weighted by molar-refractivity contribution is -0.167. The Labute approximate surface area is 364 Å². The van der Waals surface area contributed by atoms with Gasteiger partial charge in [0.15, 0.2) is 6.10 Å². The Morgan fingerprint density at radius 1 is 0.356 bits per heavy atom. The average Bonchev–Trinajstić information content (AvgIpc) is 3.23. The van der Waals surface area contributed by atoms with Crippen LogP contribution >= 0.6 is 0 Å². The Kier molecular flexibility index (Phi) is 45.4. The van der Waals surface area contributed by atoms with Crippen LogP contribution in [0.5, 0.6) is 0 Å². The van der Waals surface area contributed by atoms with Crippen LogP contribution < -0.4 is 0 Å². The van der Waals surface area contributed by atoms with Crippen molar-refractivity contribution in [2.45, 2.75) is 245 Å². The predicted octanol–water partition coefficient (Wildman–Crippen LogP) is 16.1. The largest absolute Gasteiger partial charge is 0.462 e. The van der Waals surface area contributed by atoms with Gasteiger partial charge in [0.1, 0.15) is 13.2 Å². The molecule has 0 rings (SSSR count). The topological polar surface area (TPSA) is 78.9 Å². The van der Waals surface area contributed by atoms with Crippen molar-refractivity contribution in [1.29, 1.82) is 0 Å². The zero-order chi connectivity index (χ0) is 43.0. The Hall–Kier alpha value is -2.89. The summed E-state index contributed by atoms with van der Waals surface area (Å²) in [5.41, 5.74) is 0. The number of carbonyl (C=O) groups is 3. The highest BCUT2D eigenvalue weighted by Gasteiger charge is 2.19. The molecule has 0 saturated heterocycles. The zero-order valence-corrected chi connectivity index (χ0v) is 38.8. The first-order valence-electron chi connectivity index (χ1n) is 24.8. The fourth-order valence-electron chi connectivity index (χ4n) is 6.83. The van der Waals surface area contributed by atoms with Crippen LogP contribution in [0.4, 0.5) is 0 Å². The van der Waals surface area contributed by atoms with Gasteiger partial charge in [0.2, 0.25) is 0 Å². The molecule has 0 amide bonds. The Balaban J connectivity index is 4.47. The van der Waals surface area contributed by atoms with Gasteiger partial charge in [-0.25, -0.2) is 0 Å². The summed E-state index contributed by atoms with van der Waals surface area (Å²) >= 11 is 0. The second-order valence-corrected chi connectivity index (χ2v) is 16.4. The molecule has 0 aliphatic heterocycles. The van der Waals surface area contributed by atoms with Gasteiger partial charge in [0.05, 0.1) is 0 Å². The second-order valence-electron chi connectivity index (χ2n) is 16.4. The van der Waals surface area contributed by atoms with E-state index in [0.717, 1.165) is 77.0 Å². The molecule has 0 aromatic heterocycles. The average molecular weight is 825 g/mol.